The quantitative estimate of drug-likeness (QED) is 0.876. The van der Waals surface area contributed by atoms with E-state index in [1.807, 2.05) is 34.5 Å². The van der Waals surface area contributed by atoms with E-state index in [1.165, 1.54) is 11.3 Å². The maximum atomic E-state index is 12.1. The monoisotopic (exact) mass is 343 g/mol. The number of nitrogens with zero attached hydrogens (tertiary/aromatic N) is 2. The van der Waals surface area contributed by atoms with Crippen molar-refractivity contribution in [2.45, 2.75) is 39.2 Å². The molecule has 126 valence electrons. The number of thiazole rings is 1. The topological polar surface area (TPSA) is 62.3 Å². The molecular weight excluding hydrogens is 322 g/mol. The van der Waals surface area contributed by atoms with Crippen molar-refractivity contribution in [3.8, 4) is 0 Å². The second kappa shape index (κ2) is 7.57. The summed E-state index contributed by atoms with van der Waals surface area (Å²) in [5, 5.41) is 5.70. The van der Waals surface area contributed by atoms with Gasteiger partial charge in [-0.25, -0.2) is 4.98 Å². The number of aryl methyl sites for hydroxylation is 1. The highest BCUT2D eigenvalue weighted by atomic mass is 32.1. The Bertz CT molecular complexity index is 724. The third-order valence-electron chi connectivity index (χ3n) is 4.02. The third kappa shape index (κ3) is 3.82. The van der Waals surface area contributed by atoms with Gasteiger partial charge in [-0.2, -0.15) is 0 Å². The number of hydrogen-bond donors (Lipinski definition) is 1. The molecule has 0 unspecified atom stereocenters. The summed E-state index contributed by atoms with van der Waals surface area (Å²) in [6, 6.07) is 7.77. The molecule has 0 bridgehead atoms. The minimum atomic E-state index is -0.146. The van der Waals surface area contributed by atoms with E-state index >= 15 is 0 Å². The van der Waals surface area contributed by atoms with Crippen molar-refractivity contribution < 1.29 is 9.59 Å². The van der Waals surface area contributed by atoms with Gasteiger partial charge in [0, 0.05) is 30.6 Å². The van der Waals surface area contributed by atoms with E-state index < -0.39 is 0 Å². The number of nitrogens with one attached hydrogen (secondary N) is 1. The maximum Gasteiger partial charge on any atom is 0.271 e. The minimum absolute atomic E-state index is 0.146. The van der Waals surface area contributed by atoms with Gasteiger partial charge >= 0.3 is 0 Å². The van der Waals surface area contributed by atoms with Crippen molar-refractivity contribution in [1.29, 1.82) is 0 Å². The van der Waals surface area contributed by atoms with E-state index in [4.69, 9.17) is 0 Å². The first-order chi connectivity index (χ1) is 11.7. The number of hydrogen-bond acceptors (Lipinski definition) is 4. The molecule has 0 spiro atoms. The van der Waals surface area contributed by atoms with Gasteiger partial charge in [0.15, 0.2) is 0 Å². The smallest absolute Gasteiger partial charge is 0.271 e. The van der Waals surface area contributed by atoms with Crippen molar-refractivity contribution in [2.24, 2.45) is 0 Å². The lowest BCUT2D eigenvalue weighted by molar-refractivity contribution is -0.117. The Labute approximate surface area is 145 Å². The van der Waals surface area contributed by atoms with Crippen LogP contribution in [0.2, 0.25) is 0 Å². The molecule has 1 aliphatic heterocycles. The summed E-state index contributed by atoms with van der Waals surface area (Å²) in [5.74, 6) is 0.0369. The van der Waals surface area contributed by atoms with E-state index in [-0.39, 0.29) is 11.8 Å². The van der Waals surface area contributed by atoms with E-state index in [0.717, 1.165) is 42.1 Å². The number of benzene rings is 1. The molecule has 0 atom stereocenters. The zero-order valence-electron chi connectivity index (χ0n) is 13.7. The van der Waals surface area contributed by atoms with Gasteiger partial charge in [-0.1, -0.05) is 19.1 Å². The van der Waals surface area contributed by atoms with Crippen LogP contribution in [-0.4, -0.2) is 23.3 Å². The highest BCUT2D eigenvalue weighted by Gasteiger charge is 2.21. The lowest BCUT2D eigenvalue weighted by Crippen LogP contribution is -2.24. The summed E-state index contributed by atoms with van der Waals surface area (Å²) in [7, 11) is 0. The third-order valence-corrected chi connectivity index (χ3v) is 4.93. The molecular formula is C18H21N3O2S. The zero-order valence-corrected chi connectivity index (χ0v) is 14.6. The lowest BCUT2D eigenvalue weighted by Gasteiger charge is -2.16. The Hall–Kier alpha value is -2.21. The van der Waals surface area contributed by atoms with Crippen LogP contribution in [0.1, 0.15) is 47.2 Å². The molecule has 2 aromatic rings. The molecule has 6 heteroatoms. The molecule has 0 radical (unpaired) electrons. The van der Waals surface area contributed by atoms with Gasteiger partial charge in [0.25, 0.3) is 5.91 Å². The van der Waals surface area contributed by atoms with Gasteiger partial charge in [-0.15, -0.1) is 11.3 Å². The molecule has 1 saturated heterocycles. The van der Waals surface area contributed by atoms with Gasteiger partial charge in [0.2, 0.25) is 5.91 Å². The second-order valence-electron chi connectivity index (χ2n) is 5.87. The van der Waals surface area contributed by atoms with Gasteiger partial charge < -0.3 is 10.2 Å². The first kappa shape index (κ1) is 16.6. The molecule has 3 rings (SSSR count). The minimum Gasteiger partial charge on any atom is -0.347 e. The Morgan fingerprint density at radius 2 is 2.12 bits per heavy atom. The van der Waals surface area contributed by atoms with Crippen LogP contribution in [0.15, 0.2) is 29.6 Å². The van der Waals surface area contributed by atoms with Crippen molar-refractivity contribution in [3.63, 3.8) is 0 Å². The molecule has 1 aromatic carbocycles. The van der Waals surface area contributed by atoms with Crippen molar-refractivity contribution in [2.75, 3.05) is 11.4 Å². The first-order valence-electron chi connectivity index (χ1n) is 8.29. The number of rotatable bonds is 6. The second-order valence-corrected chi connectivity index (χ2v) is 6.82. The van der Waals surface area contributed by atoms with Crippen LogP contribution in [-0.2, 0) is 17.8 Å². The van der Waals surface area contributed by atoms with Gasteiger partial charge in [0.05, 0.1) is 5.01 Å². The molecule has 5 nitrogen and oxygen atoms in total. The van der Waals surface area contributed by atoms with Gasteiger partial charge in [-0.05, 0) is 37.0 Å². The summed E-state index contributed by atoms with van der Waals surface area (Å²) < 4.78 is 0. The molecule has 1 aliphatic rings. The average molecular weight is 343 g/mol. The number of anilines is 1. The fraction of sp³-hybridized carbons (Fsp3) is 0.389. The molecule has 0 saturated carbocycles. The normalized spacial score (nSPS) is 14.2. The fourth-order valence-electron chi connectivity index (χ4n) is 2.73. The molecule has 24 heavy (non-hydrogen) atoms. The zero-order chi connectivity index (χ0) is 16.9. The first-order valence-corrected chi connectivity index (χ1v) is 9.17. The van der Waals surface area contributed by atoms with Crippen LogP contribution in [0.5, 0.6) is 0 Å². The van der Waals surface area contributed by atoms with Crippen LogP contribution in [0, 0.1) is 0 Å². The highest BCUT2D eigenvalue weighted by Crippen LogP contribution is 2.21. The number of carbonyl (C=O) groups is 2. The predicted molar refractivity (Wildman–Crippen MR) is 95.3 cm³/mol. The maximum absolute atomic E-state index is 12.1. The summed E-state index contributed by atoms with van der Waals surface area (Å²) in [5.41, 5.74) is 2.42. The van der Waals surface area contributed by atoms with Crippen LogP contribution < -0.4 is 10.2 Å². The molecule has 1 aromatic heterocycles. The van der Waals surface area contributed by atoms with Crippen LogP contribution in [0.25, 0.3) is 0 Å². The molecule has 1 N–H and O–H groups in total. The standard InChI is InChI=1S/C18H21N3O2S/c1-2-4-16-20-15(12-24-16)18(23)19-11-13-6-8-14(9-7-13)21-10-3-5-17(21)22/h6-9,12H,2-5,10-11H2,1H3,(H,19,23). The SMILES string of the molecule is CCCc1nc(C(=O)NCc2ccc(N3CCCC3=O)cc2)cs1. The summed E-state index contributed by atoms with van der Waals surface area (Å²) in [6.07, 6.45) is 3.49. The number of aromatic nitrogens is 1. The average Bonchev–Trinajstić information content (AvgIpc) is 3.23. The molecule has 2 amide bonds. The summed E-state index contributed by atoms with van der Waals surface area (Å²) >= 11 is 1.53. The molecule has 0 aliphatic carbocycles. The Morgan fingerprint density at radius 1 is 1.33 bits per heavy atom. The van der Waals surface area contributed by atoms with Gasteiger partial charge in [0.1, 0.15) is 5.69 Å². The van der Waals surface area contributed by atoms with Gasteiger partial charge in [-0.3, -0.25) is 9.59 Å². The van der Waals surface area contributed by atoms with Crippen molar-refractivity contribution in [1.82, 2.24) is 10.3 Å². The van der Waals surface area contributed by atoms with Crippen molar-refractivity contribution in [3.05, 3.63) is 45.9 Å². The van der Waals surface area contributed by atoms with Crippen LogP contribution in [0.3, 0.4) is 0 Å². The predicted octanol–water partition coefficient (Wildman–Crippen LogP) is 3.15. The summed E-state index contributed by atoms with van der Waals surface area (Å²) in [4.78, 5) is 30.0. The van der Waals surface area contributed by atoms with E-state index in [1.54, 1.807) is 0 Å². The Morgan fingerprint density at radius 3 is 2.79 bits per heavy atom. The van der Waals surface area contributed by atoms with Crippen LogP contribution >= 0.6 is 11.3 Å². The molecule has 2 heterocycles. The fourth-order valence-corrected chi connectivity index (χ4v) is 3.61. The number of amides is 2. The summed E-state index contributed by atoms with van der Waals surface area (Å²) in [6.45, 7) is 3.34. The van der Waals surface area contributed by atoms with E-state index in [2.05, 4.69) is 17.2 Å². The highest BCUT2D eigenvalue weighted by molar-refractivity contribution is 7.09. The number of carbonyl (C=O) groups excluding carboxylic acids is 2. The Kier molecular flexibility index (Phi) is 5.25. The lowest BCUT2D eigenvalue weighted by atomic mass is 10.2. The van der Waals surface area contributed by atoms with E-state index in [0.29, 0.717) is 18.7 Å². The Balaban J connectivity index is 1.56. The largest absolute Gasteiger partial charge is 0.347 e. The molecule has 1 fully saturated rings. The van der Waals surface area contributed by atoms with Crippen molar-refractivity contribution >= 4 is 28.8 Å². The van der Waals surface area contributed by atoms with E-state index in [9.17, 15) is 9.59 Å². The van der Waals surface area contributed by atoms with Crippen LogP contribution in [0.4, 0.5) is 5.69 Å².